The van der Waals surface area contributed by atoms with Crippen LogP contribution in [0, 0.1) is 6.92 Å². The van der Waals surface area contributed by atoms with Crippen molar-refractivity contribution in [2.24, 2.45) is 0 Å². The van der Waals surface area contributed by atoms with Gasteiger partial charge < -0.3 is 10.6 Å². The maximum absolute atomic E-state index is 13.5. The summed E-state index contributed by atoms with van der Waals surface area (Å²) in [5.74, 6) is -1.32. The monoisotopic (exact) mass is 547 g/mol. The number of aryl methyl sites for hydroxylation is 1. The molecule has 2 amide bonds. The third-order valence-corrected chi connectivity index (χ3v) is 7.08. The Kier molecular flexibility index (Phi) is 8.21. The zero-order valence-corrected chi connectivity index (χ0v) is 22.1. The van der Waals surface area contributed by atoms with Crippen LogP contribution >= 0.6 is 0 Å². The summed E-state index contributed by atoms with van der Waals surface area (Å²) >= 11 is 0. The van der Waals surface area contributed by atoms with Gasteiger partial charge in [0.05, 0.1) is 27.4 Å². The second kappa shape index (κ2) is 10.9. The molecule has 0 aliphatic rings. The van der Waals surface area contributed by atoms with Crippen LogP contribution in [0.2, 0.25) is 0 Å². The summed E-state index contributed by atoms with van der Waals surface area (Å²) in [7, 11) is -4.45. The average Bonchev–Trinajstić information content (AvgIpc) is 2.81. The van der Waals surface area contributed by atoms with E-state index >= 15 is 0 Å². The Balaban J connectivity index is 1.99. The van der Waals surface area contributed by atoms with Crippen LogP contribution < -0.4 is 14.9 Å². The van der Waals surface area contributed by atoms with Gasteiger partial charge in [0, 0.05) is 5.54 Å². The number of rotatable bonds is 7. The molecule has 0 fully saturated rings. The Bertz CT molecular complexity index is 1430. The first kappa shape index (κ1) is 28.7. The minimum atomic E-state index is -4.73. The maximum atomic E-state index is 13.5. The van der Waals surface area contributed by atoms with E-state index < -0.39 is 45.7 Å². The molecule has 3 rings (SSSR count). The van der Waals surface area contributed by atoms with E-state index in [4.69, 9.17) is 0 Å². The molecule has 0 saturated carbocycles. The average molecular weight is 548 g/mol. The van der Waals surface area contributed by atoms with Gasteiger partial charge in [-0.25, -0.2) is 8.42 Å². The first-order valence-corrected chi connectivity index (χ1v) is 13.0. The SMILES string of the molecule is Cc1ccc(S(=O)(=O)N(CC(=O)Nc2ccccc2C(=O)NC(C)(C)C)c2cccc(C(F)(F)F)c2)cc1. The number of sulfonamides is 1. The molecule has 0 saturated heterocycles. The van der Waals surface area contributed by atoms with Gasteiger partial charge in [0.2, 0.25) is 5.91 Å². The molecule has 0 unspecified atom stereocenters. The van der Waals surface area contributed by atoms with Crippen molar-refractivity contribution < 1.29 is 31.2 Å². The van der Waals surface area contributed by atoms with E-state index in [2.05, 4.69) is 10.6 Å². The van der Waals surface area contributed by atoms with Gasteiger partial charge in [-0.2, -0.15) is 13.2 Å². The topological polar surface area (TPSA) is 95.6 Å². The molecule has 0 heterocycles. The molecule has 202 valence electrons. The summed E-state index contributed by atoms with van der Waals surface area (Å²) < 4.78 is 67.9. The van der Waals surface area contributed by atoms with E-state index in [0.717, 1.165) is 17.7 Å². The Morgan fingerprint density at radius 1 is 0.895 bits per heavy atom. The number of halogens is 3. The van der Waals surface area contributed by atoms with E-state index in [0.29, 0.717) is 10.4 Å². The van der Waals surface area contributed by atoms with E-state index in [1.807, 2.05) is 0 Å². The van der Waals surface area contributed by atoms with Crippen LogP contribution in [0.5, 0.6) is 0 Å². The largest absolute Gasteiger partial charge is 0.416 e. The predicted octanol–water partition coefficient (Wildman–Crippen LogP) is 5.38. The number of hydrogen-bond donors (Lipinski definition) is 2. The predicted molar refractivity (Wildman–Crippen MR) is 139 cm³/mol. The van der Waals surface area contributed by atoms with Crippen molar-refractivity contribution in [3.8, 4) is 0 Å². The van der Waals surface area contributed by atoms with E-state index in [9.17, 15) is 31.2 Å². The number of anilines is 2. The number of amides is 2. The number of nitrogens with zero attached hydrogens (tertiary/aromatic N) is 1. The molecule has 0 aliphatic heterocycles. The molecule has 3 aromatic rings. The van der Waals surface area contributed by atoms with Crippen LogP contribution in [0.4, 0.5) is 24.5 Å². The summed E-state index contributed by atoms with van der Waals surface area (Å²) in [6, 6.07) is 15.6. The first-order valence-electron chi connectivity index (χ1n) is 11.6. The fourth-order valence-corrected chi connectivity index (χ4v) is 4.92. The number of carbonyl (C=O) groups is 2. The summed E-state index contributed by atoms with van der Waals surface area (Å²) in [5, 5.41) is 5.31. The molecule has 0 spiro atoms. The van der Waals surface area contributed by atoms with Gasteiger partial charge in [0.15, 0.2) is 0 Å². The van der Waals surface area contributed by atoms with Gasteiger partial charge in [-0.1, -0.05) is 35.9 Å². The van der Waals surface area contributed by atoms with Crippen LogP contribution in [-0.4, -0.2) is 32.3 Å². The zero-order chi connectivity index (χ0) is 28.3. The molecule has 3 aromatic carbocycles. The maximum Gasteiger partial charge on any atom is 0.416 e. The highest BCUT2D eigenvalue weighted by Gasteiger charge is 2.33. The lowest BCUT2D eigenvalue weighted by molar-refractivity contribution is -0.137. The van der Waals surface area contributed by atoms with Crippen molar-refractivity contribution in [2.45, 2.75) is 44.3 Å². The smallest absolute Gasteiger partial charge is 0.347 e. The van der Waals surface area contributed by atoms with E-state index in [1.54, 1.807) is 52.0 Å². The normalized spacial score (nSPS) is 12.1. The number of para-hydroxylation sites is 1. The van der Waals surface area contributed by atoms with Crippen LogP contribution in [0.25, 0.3) is 0 Å². The van der Waals surface area contributed by atoms with E-state index in [-0.39, 0.29) is 21.8 Å². The van der Waals surface area contributed by atoms with Gasteiger partial charge in [-0.3, -0.25) is 13.9 Å². The molecular weight excluding hydrogens is 519 g/mol. The van der Waals surface area contributed by atoms with Gasteiger partial charge >= 0.3 is 6.18 Å². The third kappa shape index (κ3) is 7.12. The summed E-state index contributed by atoms with van der Waals surface area (Å²) in [6.45, 7) is 6.27. The summed E-state index contributed by atoms with van der Waals surface area (Å²) in [5.41, 5.74) is -0.925. The Morgan fingerprint density at radius 3 is 2.13 bits per heavy atom. The number of benzene rings is 3. The Morgan fingerprint density at radius 2 is 1.53 bits per heavy atom. The van der Waals surface area contributed by atoms with Crippen LogP contribution in [0.3, 0.4) is 0 Å². The van der Waals surface area contributed by atoms with Gasteiger partial charge in [-0.15, -0.1) is 0 Å². The Labute approximate surface area is 219 Å². The molecule has 0 radical (unpaired) electrons. The zero-order valence-electron chi connectivity index (χ0n) is 21.3. The van der Waals surface area contributed by atoms with Crippen LogP contribution in [-0.2, 0) is 21.0 Å². The minimum absolute atomic E-state index is 0.121. The number of alkyl halides is 3. The van der Waals surface area contributed by atoms with Crippen molar-refractivity contribution in [1.29, 1.82) is 0 Å². The minimum Gasteiger partial charge on any atom is -0.347 e. The lowest BCUT2D eigenvalue weighted by atomic mass is 10.1. The second-order valence-electron chi connectivity index (χ2n) is 9.67. The fraction of sp³-hybridized carbons (Fsp3) is 0.259. The lowest BCUT2D eigenvalue weighted by Gasteiger charge is -2.25. The van der Waals surface area contributed by atoms with Crippen LogP contribution in [0.15, 0.2) is 77.7 Å². The molecule has 38 heavy (non-hydrogen) atoms. The molecule has 0 bridgehead atoms. The van der Waals surface area contributed by atoms with Gasteiger partial charge in [0.25, 0.3) is 15.9 Å². The fourth-order valence-electron chi connectivity index (χ4n) is 3.51. The van der Waals surface area contributed by atoms with Crippen molar-refractivity contribution in [3.05, 3.63) is 89.5 Å². The highest BCUT2D eigenvalue weighted by molar-refractivity contribution is 7.92. The van der Waals surface area contributed by atoms with Gasteiger partial charge in [0.1, 0.15) is 6.54 Å². The number of carbonyl (C=O) groups excluding carboxylic acids is 2. The second-order valence-corrected chi connectivity index (χ2v) is 11.5. The molecule has 7 nitrogen and oxygen atoms in total. The summed E-state index contributed by atoms with van der Waals surface area (Å²) in [6.07, 6.45) is -4.73. The molecule has 0 aromatic heterocycles. The van der Waals surface area contributed by atoms with Crippen molar-refractivity contribution in [1.82, 2.24) is 5.32 Å². The first-order chi connectivity index (χ1) is 17.6. The molecule has 0 atom stereocenters. The van der Waals surface area contributed by atoms with Crippen molar-refractivity contribution >= 4 is 33.2 Å². The third-order valence-electron chi connectivity index (χ3n) is 5.29. The molecule has 0 aliphatic carbocycles. The number of hydrogen-bond acceptors (Lipinski definition) is 4. The molecular formula is C27H28F3N3O4S. The molecule has 2 N–H and O–H groups in total. The molecule has 11 heteroatoms. The van der Waals surface area contributed by atoms with Crippen LogP contribution in [0.1, 0.15) is 42.3 Å². The van der Waals surface area contributed by atoms with E-state index in [1.165, 1.54) is 30.3 Å². The highest BCUT2D eigenvalue weighted by atomic mass is 32.2. The quantitative estimate of drug-likeness (QED) is 0.416. The lowest BCUT2D eigenvalue weighted by Crippen LogP contribution is -2.41. The number of nitrogens with one attached hydrogen (secondary N) is 2. The Hall–Kier alpha value is -3.86. The van der Waals surface area contributed by atoms with Crippen molar-refractivity contribution in [2.75, 3.05) is 16.2 Å². The standard InChI is InChI=1S/C27H28F3N3O4S/c1-18-12-14-21(15-13-18)38(36,37)33(20-9-7-8-19(16-20)27(28,29)30)17-24(34)31-23-11-6-5-10-22(23)25(35)32-26(2,3)4/h5-16H,17H2,1-4H3,(H,31,34)(H,32,35). The summed E-state index contributed by atoms with van der Waals surface area (Å²) in [4.78, 5) is 25.6. The van der Waals surface area contributed by atoms with Gasteiger partial charge in [-0.05, 0) is 70.2 Å². The highest BCUT2D eigenvalue weighted by Crippen LogP contribution is 2.33. The van der Waals surface area contributed by atoms with Crippen molar-refractivity contribution in [3.63, 3.8) is 0 Å².